The van der Waals surface area contributed by atoms with Crippen LogP contribution in [0.4, 0.5) is 10.1 Å². The Morgan fingerprint density at radius 3 is 2.65 bits per heavy atom. The van der Waals surface area contributed by atoms with Gasteiger partial charge in [0, 0.05) is 15.9 Å². The molecule has 2 rings (SSSR count). The van der Waals surface area contributed by atoms with Crippen molar-refractivity contribution < 1.29 is 4.39 Å². The summed E-state index contributed by atoms with van der Waals surface area (Å²) < 4.78 is 14.7. The predicted octanol–water partition coefficient (Wildman–Crippen LogP) is 5.68. The first-order chi connectivity index (χ1) is 8.06. The number of benzene rings is 1. The van der Waals surface area contributed by atoms with E-state index in [2.05, 4.69) is 37.2 Å². The van der Waals surface area contributed by atoms with E-state index in [-0.39, 0.29) is 5.82 Å². The third-order valence-electron chi connectivity index (χ3n) is 2.08. The van der Waals surface area contributed by atoms with E-state index in [1.807, 2.05) is 12.1 Å². The zero-order chi connectivity index (χ0) is 12.4. The average molecular weight is 400 g/mol. The van der Waals surface area contributed by atoms with Crippen LogP contribution < -0.4 is 5.32 Å². The van der Waals surface area contributed by atoms with Crippen LogP contribution in [0.1, 0.15) is 4.88 Å². The van der Waals surface area contributed by atoms with Gasteiger partial charge in [-0.2, -0.15) is 0 Å². The minimum absolute atomic E-state index is 0.355. The molecule has 0 amide bonds. The smallest absolute Gasteiger partial charge is 0.125 e. The van der Waals surface area contributed by atoms with Crippen molar-refractivity contribution in [3.8, 4) is 0 Å². The number of hydrogen-bond acceptors (Lipinski definition) is 2. The molecule has 0 unspecified atom stereocenters. The molecule has 1 N–H and O–H groups in total. The summed E-state index contributed by atoms with van der Waals surface area (Å²) in [7, 11) is 0. The third-order valence-corrected chi connectivity index (χ3v) is 4.62. The van der Waals surface area contributed by atoms with Crippen LogP contribution in [0.15, 0.2) is 32.5 Å². The van der Waals surface area contributed by atoms with Crippen LogP contribution in [0.25, 0.3) is 0 Å². The molecule has 0 saturated heterocycles. The topological polar surface area (TPSA) is 12.0 Å². The highest BCUT2D eigenvalue weighted by Crippen LogP contribution is 2.32. The first kappa shape index (κ1) is 13.3. The highest BCUT2D eigenvalue weighted by molar-refractivity contribution is 9.11. The summed E-state index contributed by atoms with van der Waals surface area (Å²) >= 11 is 14.3. The van der Waals surface area contributed by atoms with Crippen molar-refractivity contribution in [2.75, 3.05) is 5.32 Å². The van der Waals surface area contributed by atoms with E-state index >= 15 is 0 Å². The Morgan fingerprint density at radius 2 is 2.06 bits per heavy atom. The van der Waals surface area contributed by atoms with Gasteiger partial charge in [0.25, 0.3) is 0 Å². The average Bonchev–Trinajstić information content (AvgIpc) is 2.62. The highest BCUT2D eigenvalue weighted by atomic mass is 79.9. The van der Waals surface area contributed by atoms with Crippen LogP contribution in [0.2, 0.25) is 5.02 Å². The summed E-state index contributed by atoms with van der Waals surface area (Å²) in [5.74, 6) is -0.355. The van der Waals surface area contributed by atoms with Gasteiger partial charge >= 0.3 is 0 Å². The Kier molecular flexibility index (Phi) is 4.47. The van der Waals surface area contributed by atoms with E-state index in [0.717, 1.165) is 3.79 Å². The highest BCUT2D eigenvalue weighted by Gasteiger charge is 2.08. The lowest BCUT2D eigenvalue weighted by Gasteiger charge is -2.09. The molecule has 1 heterocycles. The van der Waals surface area contributed by atoms with Gasteiger partial charge in [0.15, 0.2) is 0 Å². The zero-order valence-corrected chi connectivity index (χ0v) is 13.2. The lowest BCUT2D eigenvalue weighted by Crippen LogP contribution is -1.99. The van der Waals surface area contributed by atoms with Gasteiger partial charge in [-0.25, -0.2) is 4.39 Å². The van der Waals surface area contributed by atoms with Gasteiger partial charge in [-0.15, -0.1) is 11.3 Å². The minimum atomic E-state index is -0.355. The molecule has 0 aliphatic heterocycles. The fourth-order valence-corrected chi connectivity index (χ4v) is 3.72. The normalized spacial score (nSPS) is 10.6. The second-order valence-corrected chi connectivity index (χ2v) is 7.11. The Labute approximate surface area is 124 Å². The first-order valence-corrected chi connectivity index (χ1v) is 7.47. The zero-order valence-electron chi connectivity index (χ0n) is 8.44. The maximum Gasteiger partial charge on any atom is 0.125 e. The molecule has 0 radical (unpaired) electrons. The van der Waals surface area contributed by atoms with Gasteiger partial charge < -0.3 is 5.32 Å². The summed E-state index contributed by atoms with van der Waals surface area (Å²) in [6, 6.07) is 6.69. The van der Waals surface area contributed by atoms with Gasteiger partial charge in [-0.05, 0) is 56.1 Å². The van der Waals surface area contributed by atoms with E-state index < -0.39 is 0 Å². The quantitative estimate of drug-likeness (QED) is 0.700. The lowest BCUT2D eigenvalue weighted by atomic mass is 10.3. The second kappa shape index (κ2) is 5.69. The van der Waals surface area contributed by atoms with E-state index in [1.54, 1.807) is 11.3 Å². The predicted molar refractivity (Wildman–Crippen MR) is 78.5 cm³/mol. The Hall–Kier alpha value is -0.100. The molecular weight excluding hydrogens is 392 g/mol. The van der Waals surface area contributed by atoms with Crippen molar-refractivity contribution in [1.29, 1.82) is 0 Å². The molecule has 6 heteroatoms. The van der Waals surface area contributed by atoms with Crippen molar-refractivity contribution in [3.63, 3.8) is 0 Å². The molecule has 0 bridgehead atoms. The van der Waals surface area contributed by atoms with Crippen molar-refractivity contribution in [3.05, 3.63) is 48.2 Å². The number of hydrogen-bond donors (Lipinski definition) is 1. The summed E-state index contributed by atoms with van der Waals surface area (Å²) in [6.45, 7) is 0.653. The Balaban J connectivity index is 2.14. The molecule has 17 heavy (non-hydrogen) atoms. The summed E-state index contributed by atoms with van der Waals surface area (Å²) in [5, 5.41) is 3.55. The van der Waals surface area contributed by atoms with Crippen LogP contribution in [-0.2, 0) is 6.54 Å². The molecule has 0 aliphatic rings. The number of nitrogens with one attached hydrogen (secondary N) is 1. The van der Waals surface area contributed by atoms with E-state index in [0.29, 0.717) is 21.7 Å². The maximum absolute atomic E-state index is 13.0. The molecular formula is C11H7Br2ClFNS. The molecule has 1 aromatic carbocycles. The molecule has 2 aromatic rings. The van der Waals surface area contributed by atoms with Crippen molar-refractivity contribution in [2.24, 2.45) is 0 Å². The van der Waals surface area contributed by atoms with Crippen LogP contribution in [0, 0.1) is 5.82 Å². The van der Waals surface area contributed by atoms with Crippen LogP contribution in [-0.4, -0.2) is 0 Å². The van der Waals surface area contributed by atoms with Gasteiger partial charge in [-0.1, -0.05) is 11.6 Å². The van der Waals surface area contributed by atoms with Gasteiger partial charge in [0.2, 0.25) is 0 Å². The first-order valence-electron chi connectivity index (χ1n) is 4.69. The summed E-state index contributed by atoms with van der Waals surface area (Å²) in [5.41, 5.74) is 0.706. The van der Waals surface area contributed by atoms with E-state index in [9.17, 15) is 4.39 Å². The van der Waals surface area contributed by atoms with Crippen molar-refractivity contribution >= 4 is 60.5 Å². The second-order valence-electron chi connectivity index (χ2n) is 3.30. The number of halogens is 4. The van der Waals surface area contributed by atoms with E-state index in [4.69, 9.17) is 11.6 Å². The van der Waals surface area contributed by atoms with Gasteiger partial charge in [0.05, 0.1) is 14.5 Å². The summed E-state index contributed by atoms with van der Waals surface area (Å²) in [6.07, 6.45) is 0. The fraction of sp³-hybridized carbons (Fsp3) is 0.0909. The molecule has 0 spiro atoms. The fourth-order valence-electron chi connectivity index (χ4n) is 1.33. The van der Waals surface area contributed by atoms with Crippen LogP contribution >= 0.6 is 54.8 Å². The van der Waals surface area contributed by atoms with Crippen LogP contribution in [0.5, 0.6) is 0 Å². The van der Waals surface area contributed by atoms with Crippen LogP contribution in [0.3, 0.4) is 0 Å². The van der Waals surface area contributed by atoms with E-state index in [1.165, 1.54) is 17.0 Å². The molecule has 0 fully saturated rings. The van der Waals surface area contributed by atoms with Crippen molar-refractivity contribution in [1.82, 2.24) is 0 Å². The molecule has 0 aliphatic carbocycles. The molecule has 1 nitrogen and oxygen atoms in total. The van der Waals surface area contributed by atoms with Gasteiger partial charge in [-0.3, -0.25) is 0 Å². The third kappa shape index (κ3) is 3.44. The number of thiophene rings is 1. The SMILES string of the molecule is Fc1cc(Cl)c(NCc2ccc(Br)s2)c(Br)c1. The number of anilines is 1. The number of rotatable bonds is 3. The standard InChI is InChI=1S/C11H7Br2ClFNS/c12-8-3-6(15)4-9(14)11(8)16-5-7-1-2-10(13)17-7/h1-4,16H,5H2. The monoisotopic (exact) mass is 397 g/mol. The largest absolute Gasteiger partial charge is 0.378 e. The Bertz CT molecular complexity index is 521. The van der Waals surface area contributed by atoms with Crippen molar-refractivity contribution in [2.45, 2.75) is 6.54 Å². The lowest BCUT2D eigenvalue weighted by molar-refractivity contribution is 0.627. The summed E-state index contributed by atoms with van der Waals surface area (Å²) in [4.78, 5) is 1.17. The minimum Gasteiger partial charge on any atom is -0.378 e. The molecule has 1 aromatic heterocycles. The molecule has 0 atom stereocenters. The maximum atomic E-state index is 13.0. The molecule has 90 valence electrons. The Morgan fingerprint density at radius 1 is 1.29 bits per heavy atom. The van der Waals surface area contributed by atoms with Gasteiger partial charge in [0.1, 0.15) is 5.82 Å². The molecule has 0 saturated carbocycles.